The summed E-state index contributed by atoms with van der Waals surface area (Å²) in [5.41, 5.74) is 15.6. The summed E-state index contributed by atoms with van der Waals surface area (Å²) in [7, 11) is 0. The number of hydrogen-bond acceptors (Lipinski definition) is 1. The van der Waals surface area contributed by atoms with Gasteiger partial charge in [-0.3, -0.25) is 0 Å². The molecule has 0 amide bonds. The van der Waals surface area contributed by atoms with Crippen molar-refractivity contribution in [3.05, 3.63) is 240 Å². The van der Waals surface area contributed by atoms with Gasteiger partial charge in [0, 0.05) is 22.2 Å². The van der Waals surface area contributed by atoms with Gasteiger partial charge < -0.3 is 4.90 Å². The zero-order chi connectivity index (χ0) is 42.2. The lowest BCUT2D eigenvalue weighted by molar-refractivity contribution is 0.441. The Morgan fingerprint density at radius 2 is 1.06 bits per heavy atom. The number of rotatable bonds is 6. The smallest absolute Gasteiger partial charge is 0.123 e. The minimum absolute atomic E-state index is 0.197. The largest absolute Gasteiger partial charge is 0.328 e. The summed E-state index contributed by atoms with van der Waals surface area (Å²) in [6.45, 7) is 9.70. The van der Waals surface area contributed by atoms with Crippen molar-refractivity contribution in [3.8, 4) is 44.5 Å². The lowest BCUT2D eigenvalue weighted by Gasteiger charge is -2.59. The van der Waals surface area contributed by atoms with E-state index in [4.69, 9.17) is 0 Å². The molecule has 4 unspecified atom stereocenters. The molecule has 0 radical (unpaired) electrons. The van der Waals surface area contributed by atoms with Crippen LogP contribution in [0, 0.1) is 11.7 Å². The Kier molecular flexibility index (Phi) is 8.74. The lowest BCUT2D eigenvalue weighted by Crippen LogP contribution is -2.58. The maximum atomic E-state index is 14.7. The highest BCUT2D eigenvalue weighted by Crippen LogP contribution is 2.62. The van der Waals surface area contributed by atoms with E-state index in [1.165, 1.54) is 56.3 Å². The van der Waals surface area contributed by atoms with E-state index in [-0.39, 0.29) is 17.2 Å². The van der Waals surface area contributed by atoms with Gasteiger partial charge in [-0.15, -0.1) is 0 Å². The van der Waals surface area contributed by atoms with Crippen LogP contribution in [-0.4, -0.2) is 5.54 Å². The SMILES string of the molecule is CC1C=CC2(C)C3=C1C(C)(c1cc(-c4ccccc4)cc(-c4ccccc4)c1)C=CC3(C)N(c1cccc(-c3cccc4cccc(-c5cccc(F)c5)c34)c1)c1ccccc12. The summed E-state index contributed by atoms with van der Waals surface area (Å²) >= 11 is 0. The van der Waals surface area contributed by atoms with E-state index in [0.29, 0.717) is 0 Å². The van der Waals surface area contributed by atoms with Crippen molar-refractivity contribution in [2.45, 2.75) is 44.1 Å². The number of nitrogens with zero attached hydrogens (tertiary/aromatic N) is 1. The van der Waals surface area contributed by atoms with Crippen LogP contribution in [0.25, 0.3) is 55.3 Å². The lowest BCUT2D eigenvalue weighted by atomic mass is 9.52. The van der Waals surface area contributed by atoms with E-state index in [0.717, 1.165) is 38.7 Å². The van der Waals surface area contributed by atoms with Gasteiger partial charge in [-0.1, -0.05) is 171 Å². The molecule has 2 aliphatic carbocycles. The molecule has 0 saturated carbocycles. The molecule has 0 spiro atoms. The Hall–Kier alpha value is -7.03. The topological polar surface area (TPSA) is 3.24 Å². The first-order chi connectivity index (χ1) is 30.2. The molecule has 1 nitrogen and oxygen atoms in total. The van der Waals surface area contributed by atoms with Gasteiger partial charge in [0.25, 0.3) is 0 Å². The molecule has 0 aromatic heterocycles. The predicted octanol–water partition coefficient (Wildman–Crippen LogP) is 15.8. The van der Waals surface area contributed by atoms with E-state index in [1.54, 1.807) is 12.1 Å². The first-order valence-electron chi connectivity index (χ1n) is 21.9. The number of allylic oxidation sites excluding steroid dienone is 4. The zero-order valence-corrected chi connectivity index (χ0v) is 35.6. The van der Waals surface area contributed by atoms with Crippen molar-refractivity contribution >= 4 is 22.1 Å². The third-order valence-electron chi connectivity index (χ3n) is 14.1. The van der Waals surface area contributed by atoms with Crippen molar-refractivity contribution in [3.63, 3.8) is 0 Å². The molecular formula is C60H48FN. The highest BCUT2D eigenvalue weighted by Gasteiger charge is 2.56. The highest BCUT2D eigenvalue weighted by atomic mass is 19.1. The van der Waals surface area contributed by atoms with Gasteiger partial charge in [0.15, 0.2) is 0 Å². The number of para-hydroxylation sites is 1. The maximum absolute atomic E-state index is 14.7. The fourth-order valence-electron chi connectivity index (χ4n) is 11.3. The highest BCUT2D eigenvalue weighted by molar-refractivity contribution is 6.06. The van der Waals surface area contributed by atoms with Crippen LogP contribution in [-0.2, 0) is 10.8 Å². The number of anilines is 2. The van der Waals surface area contributed by atoms with Crippen molar-refractivity contribution in [2.24, 2.45) is 5.92 Å². The molecule has 300 valence electrons. The van der Waals surface area contributed by atoms with Gasteiger partial charge in [-0.2, -0.15) is 0 Å². The van der Waals surface area contributed by atoms with Crippen molar-refractivity contribution in [1.82, 2.24) is 0 Å². The maximum Gasteiger partial charge on any atom is 0.123 e. The zero-order valence-electron chi connectivity index (χ0n) is 35.6. The average molecular weight is 802 g/mol. The quantitative estimate of drug-likeness (QED) is 0.151. The van der Waals surface area contributed by atoms with E-state index in [1.807, 2.05) is 6.07 Å². The van der Waals surface area contributed by atoms with Gasteiger partial charge in [-0.25, -0.2) is 4.39 Å². The molecular weight excluding hydrogens is 754 g/mol. The molecule has 8 aromatic rings. The van der Waals surface area contributed by atoms with E-state index in [2.05, 4.69) is 221 Å². The summed E-state index contributed by atoms with van der Waals surface area (Å²) in [4.78, 5) is 2.60. The molecule has 0 N–H and O–H groups in total. The van der Waals surface area contributed by atoms with Crippen LogP contribution in [0.15, 0.2) is 224 Å². The Morgan fingerprint density at radius 3 is 1.73 bits per heavy atom. The fourth-order valence-corrected chi connectivity index (χ4v) is 11.3. The molecule has 3 aliphatic rings. The average Bonchev–Trinajstić information content (AvgIpc) is 3.31. The molecule has 1 aliphatic heterocycles. The van der Waals surface area contributed by atoms with Crippen LogP contribution in [0.1, 0.15) is 38.8 Å². The summed E-state index contributed by atoms with van der Waals surface area (Å²) in [5, 5.41) is 2.24. The second kappa shape index (κ2) is 14.3. The Labute approximate surface area is 364 Å². The van der Waals surface area contributed by atoms with Gasteiger partial charge in [0.2, 0.25) is 0 Å². The van der Waals surface area contributed by atoms with Crippen LogP contribution < -0.4 is 4.90 Å². The minimum atomic E-state index is -0.500. The normalized spacial score (nSPS) is 22.4. The molecule has 62 heavy (non-hydrogen) atoms. The second-order valence-electron chi connectivity index (χ2n) is 18.0. The molecule has 0 bridgehead atoms. The number of benzene rings is 8. The first kappa shape index (κ1) is 37.9. The van der Waals surface area contributed by atoms with Crippen LogP contribution in [0.4, 0.5) is 15.8 Å². The van der Waals surface area contributed by atoms with Gasteiger partial charge >= 0.3 is 0 Å². The summed E-state index contributed by atoms with van der Waals surface area (Å²) in [5.74, 6) is -0.0380. The third-order valence-corrected chi connectivity index (χ3v) is 14.1. The summed E-state index contributed by atoms with van der Waals surface area (Å²) < 4.78 is 14.7. The summed E-state index contributed by atoms with van der Waals surface area (Å²) in [6, 6.07) is 66.7. The van der Waals surface area contributed by atoms with Crippen molar-refractivity contribution in [1.29, 1.82) is 0 Å². The molecule has 0 fully saturated rings. The predicted molar refractivity (Wildman–Crippen MR) is 258 cm³/mol. The van der Waals surface area contributed by atoms with Crippen LogP contribution in [0.2, 0.25) is 0 Å². The Bertz CT molecular complexity index is 3090. The molecule has 0 saturated heterocycles. The monoisotopic (exact) mass is 801 g/mol. The van der Waals surface area contributed by atoms with Crippen molar-refractivity contribution < 1.29 is 4.39 Å². The Morgan fingerprint density at radius 1 is 0.484 bits per heavy atom. The molecule has 8 aromatic carbocycles. The first-order valence-corrected chi connectivity index (χ1v) is 21.9. The third kappa shape index (κ3) is 5.81. The molecule has 11 rings (SSSR count). The second-order valence-corrected chi connectivity index (χ2v) is 18.0. The van der Waals surface area contributed by atoms with Gasteiger partial charge in [0.05, 0.1) is 5.54 Å². The number of fused-ring (bicyclic) bond motifs is 3. The van der Waals surface area contributed by atoms with E-state index >= 15 is 0 Å². The number of halogens is 1. The fraction of sp³-hybridized carbons (Fsp3) is 0.133. The van der Waals surface area contributed by atoms with Crippen molar-refractivity contribution in [2.75, 3.05) is 4.90 Å². The van der Waals surface area contributed by atoms with Crippen LogP contribution in [0.5, 0.6) is 0 Å². The van der Waals surface area contributed by atoms with Crippen LogP contribution >= 0.6 is 0 Å². The van der Waals surface area contributed by atoms with Crippen LogP contribution in [0.3, 0.4) is 0 Å². The minimum Gasteiger partial charge on any atom is -0.328 e. The summed E-state index contributed by atoms with van der Waals surface area (Å²) in [6.07, 6.45) is 9.97. The van der Waals surface area contributed by atoms with Gasteiger partial charge in [-0.05, 0) is 153 Å². The Balaban J connectivity index is 1.12. The van der Waals surface area contributed by atoms with Gasteiger partial charge in [0.1, 0.15) is 5.82 Å². The molecule has 1 heterocycles. The van der Waals surface area contributed by atoms with E-state index in [9.17, 15) is 4.39 Å². The number of hydrogen-bond donors (Lipinski definition) is 0. The molecule has 2 heteroatoms. The molecule has 4 atom stereocenters. The standard InChI is InChI=1S/C60H48FN/c1-40-31-32-59(3)53-29-11-12-30-54(53)62(50-26-14-24-45(39-50)52-28-16-22-43-21-15-27-51(55(43)52)44-23-13-25-49(61)38-44)60(4)34-33-58(2,56(40)57(59)60)48-36-46(41-17-7-5-8-18-41)35-47(37-48)42-19-9-6-10-20-42/h5-40H,1-4H3. The van der Waals surface area contributed by atoms with E-state index < -0.39 is 11.0 Å².